The number of piperidine rings is 1. The number of nitrogens with zero attached hydrogens (tertiary/aromatic N) is 1. The van der Waals surface area contributed by atoms with Crippen LogP contribution < -0.4 is 14.8 Å². The van der Waals surface area contributed by atoms with Crippen LogP contribution in [0.1, 0.15) is 29.6 Å². The summed E-state index contributed by atoms with van der Waals surface area (Å²) in [6.07, 6.45) is 2.64. The lowest BCUT2D eigenvalue weighted by molar-refractivity contribution is 0.102. The minimum atomic E-state index is -3.69. The van der Waals surface area contributed by atoms with Crippen LogP contribution in [0.15, 0.2) is 41.3 Å². The van der Waals surface area contributed by atoms with E-state index in [0.717, 1.165) is 19.3 Å². The van der Waals surface area contributed by atoms with E-state index in [1.54, 1.807) is 12.1 Å². The van der Waals surface area contributed by atoms with Crippen molar-refractivity contribution in [2.24, 2.45) is 0 Å². The molecule has 3 rings (SSSR count). The molecule has 0 aromatic heterocycles. The summed E-state index contributed by atoms with van der Waals surface area (Å²) in [6, 6.07) is 8.56. The third kappa shape index (κ3) is 4.46. The fourth-order valence-corrected chi connectivity index (χ4v) is 4.75. The number of aromatic hydroxyl groups is 1. The van der Waals surface area contributed by atoms with Gasteiger partial charge < -0.3 is 19.9 Å². The molecule has 1 amide bonds. The Kier molecular flexibility index (Phi) is 6.29. The fourth-order valence-electron chi connectivity index (χ4n) is 3.21. The summed E-state index contributed by atoms with van der Waals surface area (Å²) in [4.78, 5) is 12.7. The van der Waals surface area contributed by atoms with Gasteiger partial charge in [-0.3, -0.25) is 4.79 Å². The van der Waals surface area contributed by atoms with E-state index in [1.807, 2.05) is 0 Å². The lowest BCUT2D eigenvalue weighted by atomic mass is 10.1. The van der Waals surface area contributed by atoms with Gasteiger partial charge in [0.05, 0.1) is 30.4 Å². The molecule has 0 radical (unpaired) electrons. The number of phenolic OH excluding ortho intramolecular Hbond substituents is 1. The van der Waals surface area contributed by atoms with Gasteiger partial charge in [-0.15, -0.1) is 0 Å². The first-order valence-electron chi connectivity index (χ1n) is 9.23. The zero-order chi connectivity index (χ0) is 21.0. The van der Waals surface area contributed by atoms with E-state index in [-0.39, 0.29) is 21.9 Å². The number of amides is 1. The molecule has 29 heavy (non-hydrogen) atoms. The van der Waals surface area contributed by atoms with E-state index in [2.05, 4.69) is 5.32 Å². The predicted octanol–water partition coefficient (Wildman–Crippen LogP) is 2.84. The minimum Gasteiger partial charge on any atom is -0.506 e. The van der Waals surface area contributed by atoms with Crippen LogP contribution in [-0.4, -0.2) is 51.0 Å². The van der Waals surface area contributed by atoms with Crippen LogP contribution in [0.25, 0.3) is 0 Å². The lowest BCUT2D eigenvalue weighted by Crippen LogP contribution is -2.35. The Balaban J connectivity index is 1.88. The van der Waals surface area contributed by atoms with E-state index < -0.39 is 15.9 Å². The smallest absolute Gasteiger partial charge is 0.259 e. The highest BCUT2D eigenvalue weighted by Crippen LogP contribution is 2.31. The summed E-state index contributed by atoms with van der Waals surface area (Å²) in [6.45, 7) is 0.932. The molecule has 1 heterocycles. The van der Waals surface area contributed by atoms with Gasteiger partial charge in [-0.05, 0) is 43.2 Å². The Morgan fingerprint density at radius 2 is 1.76 bits per heavy atom. The molecule has 2 N–H and O–H groups in total. The molecular formula is C20H24N2O6S. The molecule has 0 spiro atoms. The Hall–Kier alpha value is -2.78. The van der Waals surface area contributed by atoms with Crippen molar-refractivity contribution in [3.8, 4) is 17.2 Å². The van der Waals surface area contributed by atoms with Crippen LogP contribution >= 0.6 is 0 Å². The van der Waals surface area contributed by atoms with Crippen molar-refractivity contribution >= 4 is 21.6 Å². The van der Waals surface area contributed by atoms with E-state index >= 15 is 0 Å². The molecule has 0 saturated carbocycles. The van der Waals surface area contributed by atoms with Crippen LogP contribution in [0.5, 0.6) is 17.2 Å². The average Bonchev–Trinajstić information content (AvgIpc) is 2.75. The number of anilines is 1. The molecule has 1 saturated heterocycles. The predicted molar refractivity (Wildman–Crippen MR) is 108 cm³/mol. The summed E-state index contributed by atoms with van der Waals surface area (Å²) in [7, 11) is -0.768. The van der Waals surface area contributed by atoms with Gasteiger partial charge >= 0.3 is 0 Å². The Morgan fingerprint density at radius 1 is 1.03 bits per heavy atom. The van der Waals surface area contributed by atoms with Gasteiger partial charge in [0.2, 0.25) is 10.0 Å². The maximum Gasteiger partial charge on any atom is 0.259 e. The van der Waals surface area contributed by atoms with Crippen molar-refractivity contribution in [2.45, 2.75) is 24.2 Å². The number of carbonyl (C=O) groups is 1. The highest BCUT2D eigenvalue weighted by molar-refractivity contribution is 7.89. The number of benzene rings is 2. The van der Waals surface area contributed by atoms with E-state index in [1.165, 1.54) is 42.8 Å². The molecule has 0 bridgehead atoms. The molecule has 0 atom stereocenters. The average molecular weight is 420 g/mol. The zero-order valence-electron chi connectivity index (χ0n) is 16.3. The van der Waals surface area contributed by atoms with Gasteiger partial charge in [-0.1, -0.05) is 6.42 Å². The van der Waals surface area contributed by atoms with Crippen molar-refractivity contribution < 1.29 is 27.8 Å². The number of rotatable bonds is 6. The highest BCUT2D eigenvalue weighted by atomic mass is 32.2. The molecule has 9 heteroatoms. The first-order chi connectivity index (χ1) is 13.9. The van der Waals surface area contributed by atoms with E-state index in [4.69, 9.17) is 9.47 Å². The van der Waals surface area contributed by atoms with Crippen molar-refractivity contribution in [2.75, 3.05) is 32.6 Å². The van der Waals surface area contributed by atoms with Crippen molar-refractivity contribution in [3.63, 3.8) is 0 Å². The standard InChI is InChI=1S/C20H24N2O6S/c1-27-14-6-8-16(19(12-14)28-2)20(24)21-17-13-15(7-9-18(17)23)29(25,26)22-10-4-3-5-11-22/h6-9,12-13,23H,3-5,10-11H2,1-2H3,(H,21,24). The number of methoxy groups -OCH3 is 2. The Bertz CT molecular complexity index is 1000. The van der Waals surface area contributed by atoms with Crippen LogP contribution in [0.4, 0.5) is 5.69 Å². The van der Waals surface area contributed by atoms with Crippen molar-refractivity contribution in [1.29, 1.82) is 0 Å². The molecule has 2 aromatic carbocycles. The van der Waals surface area contributed by atoms with Crippen LogP contribution in [0, 0.1) is 0 Å². The van der Waals surface area contributed by atoms with Crippen LogP contribution in [0.3, 0.4) is 0 Å². The SMILES string of the molecule is COc1ccc(C(=O)Nc2cc(S(=O)(=O)N3CCCCC3)ccc2O)c(OC)c1. The van der Waals surface area contributed by atoms with Gasteiger partial charge in [-0.2, -0.15) is 4.31 Å². The fraction of sp³-hybridized carbons (Fsp3) is 0.350. The third-order valence-corrected chi connectivity index (χ3v) is 6.72. The molecule has 0 unspecified atom stereocenters. The second-order valence-corrected chi connectivity index (χ2v) is 8.60. The summed E-state index contributed by atoms with van der Waals surface area (Å²) in [5.41, 5.74) is 0.225. The molecule has 156 valence electrons. The number of carbonyl (C=O) groups excluding carboxylic acids is 1. The molecule has 0 aliphatic carbocycles. The van der Waals surface area contributed by atoms with Gasteiger partial charge in [0.25, 0.3) is 5.91 Å². The van der Waals surface area contributed by atoms with Gasteiger partial charge in [-0.25, -0.2) is 8.42 Å². The first kappa shape index (κ1) is 20.9. The molecule has 1 aliphatic heterocycles. The number of hydrogen-bond donors (Lipinski definition) is 2. The second-order valence-electron chi connectivity index (χ2n) is 6.66. The summed E-state index contributed by atoms with van der Waals surface area (Å²) in [5, 5.41) is 12.7. The zero-order valence-corrected chi connectivity index (χ0v) is 17.2. The molecular weight excluding hydrogens is 396 g/mol. The molecule has 8 nitrogen and oxygen atoms in total. The molecule has 1 aliphatic rings. The number of phenols is 1. The van der Waals surface area contributed by atoms with Crippen molar-refractivity contribution in [1.82, 2.24) is 4.31 Å². The van der Waals surface area contributed by atoms with E-state index in [9.17, 15) is 18.3 Å². The summed E-state index contributed by atoms with van der Waals surface area (Å²) >= 11 is 0. The summed E-state index contributed by atoms with van der Waals surface area (Å²) < 4.78 is 37.5. The second kappa shape index (κ2) is 8.71. The van der Waals surface area contributed by atoms with Crippen LogP contribution in [0.2, 0.25) is 0 Å². The Morgan fingerprint density at radius 3 is 2.41 bits per heavy atom. The van der Waals surface area contributed by atoms with Crippen molar-refractivity contribution in [3.05, 3.63) is 42.0 Å². The topological polar surface area (TPSA) is 105 Å². The number of nitrogens with one attached hydrogen (secondary N) is 1. The van der Waals surface area contributed by atoms with Crippen LogP contribution in [-0.2, 0) is 10.0 Å². The molecule has 2 aromatic rings. The summed E-state index contributed by atoms with van der Waals surface area (Å²) in [5.74, 6) is 0.0325. The highest BCUT2D eigenvalue weighted by Gasteiger charge is 2.27. The minimum absolute atomic E-state index is 0.00551. The van der Waals surface area contributed by atoms with Gasteiger partial charge in [0.1, 0.15) is 17.2 Å². The monoisotopic (exact) mass is 420 g/mol. The number of ether oxygens (including phenoxy) is 2. The number of sulfonamides is 1. The van der Waals surface area contributed by atoms with Gasteiger partial charge in [0.15, 0.2) is 0 Å². The van der Waals surface area contributed by atoms with Gasteiger partial charge in [0, 0.05) is 19.2 Å². The Labute approximate surface area is 170 Å². The maximum absolute atomic E-state index is 12.9. The number of hydrogen-bond acceptors (Lipinski definition) is 6. The lowest BCUT2D eigenvalue weighted by Gasteiger charge is -2.26. The quantitative estimate of drug-likeness (QED) is 0.697. The normalized spacial score (nSPS) is 15.0. The first-order valence-corrected chi connectivity index (χ1v) is 10.7. The van der Waals surface area contributed by atoms with E-state index in [0.29, 0.717) is 24.6 Å². The molecule has 1 fully saturated rings. The largest absolute Gasteiger partial charge is 0.506 e. The maximum atomic E-state index is 12.9. The third-order valence-electron chi connectivity index (χ3n) is 4.82.